The predicted molar refractivity (Wildman–Crippen MR) is 137 cm³/mol. The molecule has 1 unspecified atom stereocenters. The fourth-order valence-electron chi connectivity index (χ4n) is 5.61. The second-order valence-electron chi connectivity index (χ2n) is 10.2. The van der Waals surface area contributed by atoms with Gasteiger partial charge >= 0.3 is 0 Å². The first-order valence-corrected chi connectivity index (χ1v) is 13.3. The van der Waals surface area contributed by atoms with Gasteiger partial charge in [0.2, 0.25) is 0 Å². The number of ether oxygens (including phenoxy) is 1. The molecule has 3 aliphatic heterocycles. The van der Waals surface area contributed by atoms with Gasteiger partial charge in [-0.25, -0.2) is 0 Å². The van der Waals surface area contributed by atoms with Gasteiger partial charge in [0.05, 0.1) is 0 Å². The van der Waals surface area contributed by atoms with Crippen LogP contribution in [-0.2, 0) is 6.61 Å². The smallest absolute Gasteiger partial charge is 0.254 e. The van der Waals surface area contributed by atoms with Crippen LogP contribution in [0.25, 0.3) is 0 Å². The summed E-state index contributed by atoms with van der Waals surface area (Å²) < 4.78 is 5.95. The molecule has 0 radical (unpaired) electrons. The molecule has 6 nitrogen and oxygen atoms in total. The zero-order valence-corrected chi connectivity index (χ0v) is 20.7. The number of carbonyl (C=O) groups excluding carboxylic acids is 2. The Kier molecular flexibility index (Phi) is 7.67. The maximum atomic E-state index is 13.2. The molecule has 0 spiro atoms. The van der Waals surface area contributed by atoms with Crippen molar-refractivity contribution in [1.29, 1.82) is 0 Å². The molecule has 2 aromatic rings. The van der Waals surface area contributed by atoms with Crippen LogP contribution < -0.4 is 4.74 Å². The van der Waals surface area contributed by atoms with E-state index in [4.69, 9.17) is 4.74 Å². The van der Waals surface area contributed by atoms with E-state index >= 15 is 0 Å². The maximum Gasteiger partial charge on any atom is 0.254 e. The number of piperidine rings is 1. The lowest BCUT2D eigenvalue weighted by molar-refractivity contribution is 0.0705. The molecular weight excluding hydrogens is 438 g/mol. The SMILES string of the molecule is O=C(c1ccc(COc2ccc(C(=O)N3CCCC3CN3CCCC3)cc2)cc1)N1CCCCC1. The first-order valence-electron chi connectivity index (χ1n) is 13.3. The van der Waals surface area contributed by atoms with Gasteiger partial charge in [-0.15, -0.1) is 0 Å². The molecular formula is C29H37N3O3. The molecule has 3 fully saturated rings. The van der Waals surface area contributed by atoms with E-state index in [2.05, 4.69) is 9.80 Å². The van der Waals surface area contributed by atoms with E-state index in [1.165, 1.54) is 32.4 Å². The third kappa shape index (κ3) is 5.87. The van der Waals surface area contributed by atoms with Gasteiger partial charge in [-0.05, 0) is 100.0 Å². The molecule has 0 saturated carbocycles. The molecule has 35 heavy (non-hydrogen) atoms. The quantitative estimate of drug-likeness (QED) is 0.588. The summed E-state index contributed by atoms with van der Waals surface area (Å²) in [5, 5.41) is 0. The van der Waals surface area contributed by atoms with Crippen LogP contribution in [0.3, 0.4) is 0 Å². The molecule has 6 heteroatoms. The fraction of sp³-hybridized carbons (Fsp3) is 0.517. The number of hydrogen-bond donors (Lipinski definition) is 0. The van der Waals surface area contributed by atoms with E-state index in [1.807, 2.05) is 53.4 Å². The van der Waals surface area contributed by atoms with E-state index in [1.54, 1.807) is 0 Å². The van der Waals surface area contributed by atoms with Gasteiger partial charge in [-0.2, -0.15) is 0 Å². The molecule has 3 aliphatic rings. The Bertz CT molecular complexity index is 993. The van der Waals surface area contributed by atoms with Gasteiger partial charge in [-0.3, -0.25) is 9.59 Å². The maximum absolute atomic E-state index is 13.2. The number of carbonyl (C=O) groups is 2. The average Bonchev–Trinajstić information content (AvgIpc) is 3.60. The van der Waals surface area contributed by atoms with E-state index in [0.717, 1.165) is 74.3 Å². The standard InChI is InChI=1S/C29H37N3O3/c33-28(31-18-2-1-3-19-31)24-10-8-23(9-11-24)22-35-27-14-12-25(13-15-27)29(34)32-20-6-7-26(32)21-30-16-4-5-17-30/h8-15,26H,1-7,16-22H2. The number of hydrogen-bond acceptors (Lipinski definition) is 4. The average molecular weight is 476 g/mol. The summed E-state index contributed by atoms with van der Waals surface area (Å²) in [7, 11) is 0. The van der Waals surface area contributed by atoms with E-state index in [0.29, 0.717) is 12.6 Å². The Morgan fingerprint density at radius 2 is 1.34 bits per heavy atom. The predicted octanol–water partition coefficient (Wildman–Crippen LogP) is 4.59. The number of benzene rings is 2. The number of amides is 2. The van der Waals surface area contributed by atoms with Crippen LogP contribution in [-0.4, -0.2) is 71.8 Å². The highest BCUT2D eigenvalue weighted by molar-refractivity contribution is 5.95. The summed E-state index contributed by atoms with van der Waals surface area (Å²) in [6.07, 6.45) is 8.16. The molecule has 2 amide bonds. The van der Waals surface area contributed by atoms with E-state index in [-0.39, 0.29) is 11.8 Å². The van der Waals surface area contributed by atoms with Crippen LogP contribution in [0, 0.1) is 0 Å². The zero-order valence-electron chi connectivity index (χ0n) is 20.7. The molecule has 3 saturated heterocycles. The van der Waals surface area contributed by atoms with Crippen molar-refractivity contribution >= 4 is 11.8 Å². The third-order valence-electron chi connectivity index (χ3n) is 7.66. The monoisotopic (exact) mass is 475 g/mol. The molecule has 0 bridgehead atoms. The van der Waals surface area contributed by atoms with Gasteiger partial charge < -0.3 is 19.4 Å². The molecule has 5 rings (SSSR count). The molecule has 1 atom stereocenters. The van der Waals surface area contributed by atoms with E-state index < -0.39 is 0 Å². The van der Waals surface area contributed by atoms with Crippen molar-refractivity contribution in [1.82, 2.24) is 14.7 Å². The van der Waals surface area contributed by atoms with Crippen LogP contribution >= 0.6 is 0 Å². The summed E-state index contributed by atoms with van der Waals surface area (Å²) in [6.45, 7) is 6.35. The Labute approximate surface area is 208 Å². The highest BCUT2D eigenvalue weighted by Gasteiger charge is 2.31. The van der Waals surface area contributed by atoms with Crippen molar-refractivity contribution in [2.45, 2.75) is 57.6 Å². The largest absolute Gasteiger partial charge is 0.489 e. The van der Waals surface area contributed by atoms with Crippen LogP contribution in [0.5, 0.6) is 5.75 Å². The summed E-state index contributed by atoms with van der Waals surface area (Å²) in [5.74, 6) is 0.996. The fourth-order valence-corrected chi connectivity index (χ4v) is 5.61. The van der Waals surface area contributed by atoms with Crippen LogP contribution in [0.2, 0.25) is 0 Å². The minimum absolute atomic E-state index is 0.123. The van der Waals surface area contributed by atoms with Gasteiger partial charge in [-0.1, -0.05) is 12.1 Å². The second kappa shape index (κ2) is 11.3. The van der Waals surface area contributed by atoms with E-state index in [9.17, 15) is 9.59 Å². The normalized spacial score (nSPS) is 20.9. The van der Waals surface area contributed by atoms with Crippen molar-refractivity contribution in [3.63, 3.8) is 0 Å². The lowest BCUT2D eigenvalue weighted by Gasteiger charge is -2.28. The highest BCUT2D eigenvalue weighted by atomic mass is 16.5. The lowest BCUT2D eigenvalue weighted by atomic mass is 10.1. The second-order valence-corrected chi connectivity index (χ2v) is 10.2. The zero-order chi connectivity index (χ0) is 24.0. The molecule has 0 aliphatic carbocycles. The summed E-state index contributed by atoms with van der Waals surface area (Å²) in [6, 6.07) is 15.6. The van der Waals surface area contributed by atoms with Gasteiger partial charge in [0.15, 0.2) is 0 Å². The van der Waals surface area contributed by atoms with Crippen molar-refractivity contribution in [3.8, 4) is 5.75 Å². The van der Waals surface area contributed by atoms with Crippen LogP contribution in [0.15, 0.2) is 48.5 Å². The van der Waals surface area contributed by atoms with Crippen LogP contribution in [0.4, 0.5) is 0 Å². The lowest BCUT2D eigenvalue weighted by Crippen LogP contribution is -2.42. The Hall–Kier alpha value is -2.86. The molecule has 0 N–H and O–H groups in total. The van der Waals surface area contributed by atoms with Crippen molar-refractivity contribution in [2.24, 2.45) is 0 Å². The third-order valence-corrected chi connectivity index (χ3v) is 7.66. The number of rotatable bonds is 7. The van der Waals surface area contributed by atoms with Crippen molar-refractivity contribution in [2.75, 3.05) is 39.3 Å². The Balaban J connectivity index is 1.13. The summed E-state index contributed by atoms with van der Waals surface area (Å²) in [4.78, 5) is 32.3. The first-order chi connectivity index (χ1) is 17.2. The molecule has 3 heterocycles. The number of nitrogens with zero attached hydrogens (tertiary/aromatic N) is 3. The summed E-state index contributed by atoms with van der Waals surface area (Å²) >= 11 is 0. The topological polar surface area (TPSA) is 53.1 Å². The first kappa shape index (κ1) is 23.9. The minimum Gasteiger partial charge on any atom is -0.489 e. The highest BCUT2D eigenvalue weighted by Crippen LogP contribution is 2.24. The van der Waals surface area contributed by atoms with Gasteiger partial charge in [0.25, 0.3) is 11.8 Å². The Morgan fingerprint density at radius 1 is 0.714 bits per heavy atom. The number of likely N-dealkylation sites (tertiary alicyclic amines) is 3. The van der Waals surface area contributed by atoms with Crippen molar-refractivity contribution < 1.29 is 14.3 Å². The summed E-state index contributed by atoms with van der Waals surface area (Å²) in [5.41, 5.74) is 2.48. The minimum atomic E-state index is 0.123. The molecule has 2 aromatic carbocycles. The molecule has 186 valence electrons. The van der Waals surface area contributed by atoms with Crippen molar-refractivity contribution in [3.05, 3.63) is 65.2 Å². The van der Waals surface area contributed by atoms with Gasteiger partial charge in [0, 0.05) is 43.3 Å². The van der Waals surface area contributed by atoms with Crippen LogP contribution in [0.1, 0.15) is 71.2 Å². The Morgan fingerprint density at radius 3 is 2.06 bits per heavy atom. The molecule has 0 aromatic heterocycles. The van der Waals surface area contributed by atoms with Gasteiger partial charge in [0.1, 0.15) is 12.4 Å².